The molecule has 0 aromatic heterocycles. The summed E-state index contributed by atoms with van der Waals surface area (Å²) in [5.41, 5.74) is 1.54. The van der Waals surface area contributed by atoms with Crippen LogP contribution >= 0.6 is 15.9 Å². The molecule has 7 nitrogen and oxygen atoms in total. The van der Waals surface area contributed by atoms with Crippen LogP contribution in [0.2, 0.25) is 0 Å². The van der Waals surface area contributed by atoms with Crippen molar-refractivity contribution in [1.82, 2.24) is 4.90 Å². The van der Waals surface area contributed by atoms with Crippen molar-refractivity contribution < 1.29 is 19.1 Å². The van der Waals surface area contributed by atoms with Crippen LogP contribution in [0.1, 0.15) is 11.1 Å². The van der Waals surface area contributed by atoms with Crippen molar-refractivity contribution in [2.45, 2.75) is 13.2 Å². The smallest absolute Gasteiger partial charge is 0.270 e. The molecule has 0 atom stereocenters. The van der Waals surface area contributed by atoms with Gasteiger partial charge < -0.3 is 14.2 Å². The number of hydrogen-bond acceptors (Lipinski definition) is 6. The predicted molar refractivity (Wildman–Crippen MR) is 99.4 cm³/mol. The molecule has 2 aromatic rings. The normalized spacial score (nSPS) is 13.2. The Morgan fingerprint density at radius 3 is 2.81 bits per heavy atom. The molecule has 0 saturated carbocycles. The molecule has 0 bridgehead atoms. The van der Waals surface area contributed by atoms with Crippen molar-refractivity contribution in [3.05, 3.63) is 62.1 Å². The van der Waals surface area contributed by atoms with Crippen molar-refractivity contribution in [3.63, 3.8) is 0 Å². The molecule has 26 heavy (non-hydrogen) atoms. The Morgan fingerprint density at radius 1 is 1.31 bits per heavy atom. The lowest BCUT2D eigenvalue weighted by atomic mass is 10.1. The molecule has 0 amide bonds. The van der Waals surface area contributed by atoms with Crippen LogP contribution in [0.25, 0.3) is 0 Å². The number of rotatable bonds is 7. The number of likely N-dealkylation sites (N-methyl/N-ethyl adjacent to an activating group) is 1. The second-order valence-electron chi connectivity index (χ2n) is 6.00. The highest BCUT2D eigenvalue weighted by molar-refractivity contribution is 9.10. The fourth-order valence-corrected chi connectivity index (χ4v) is 2.99. The number of non-ortho nitro benzene ring substituents is 1. The third-order valence-corrected chi connectivity index (χ3v) is 4.51. The van der Waals surface area contributed by atoms with Crippen molar-refractivity contribution >= 4 is 21.6 Å². The van der Waals surface area contributed by atoms with E-state index >= 15 is 0 Å². The Labute approximate surface area is 159 Å². The summed E-state index contributed by atoms with van der Waals surface area (Å²) in [6.45, 7) is 2.19. The molecule has 1 aliphatic heterocycles. The third kappa shape index (κ3) is 4.72. The van der Waals surface area contributed by atoms with Crippen LogP contribution in [0.15, 0.2) is 40.9 Å². The summed E-state index contributed by atoms with van der Waals surface area (Å²) < 4.78 is 17.5. The van der Waals surface area contributed by atoms with Gasteiger partial charge in [-0.2, -0.15) is 0 Å². The van der Waals surface area contributed by atoms with Crippen LogP contribution in [0.5, 0.6) is 11.5 Å². The summed E-state index contributed by atoms with van der Waals surface area (Å²) >= 11 is 3.39. The largest absolute Gasteiger partial charge is 0.492 e. The van der Waals surface area contributed by atoms with Gasteiger partial charge in [-0.15, -0.1) is 0 Å². The van der Waals surface area contributed by atoms with Crippen molar-refractivity contribution in [3.8, 4) is 11.5 Å². The highest BCUT2D eigenvalue weighted by Gasteiger charge is 2.21. The zero-order valence-corrected chi connectivity index (χ0v) is 15.9. The molecule has 2 aromatic carbocycles. The summed E-state index contributed by atoms with van der Waals surface area (Å²) in [7, 11) is 1.94. The van der Waals surface area contributed by atoms with Gasteiger partial charge in [0.25, 0.3) is 5.69 Å². The van der Waals surface area contributed by atoms with Gasteiger partial charge in [0.2, 0.25) is 0 Å². The molecule has 0 fully saturated rings. The first kappa shape index (κ1) is 18.6. The Balaban J connectivity index is 1.62. The Hall–Kier alpha value is -2.16. The topological polar surface area (TPSA) is 74.1 Å². The average molecular weight is 423 g/mol. The second-order valence-corrected chi connectivity index (χ2v) is 6.92. The van der Waals surface area contributed by atoms with E-state index in [2.05, 4.69) is 15.9 Å². The molecular formula is C18H19BrN2O5. The average Bonchev–Trinajstić information content (AvgIpc) is 2.63. The summed E-state index contributed by atoms with van der Waals surface area (Å²) in [5.74, 6) is 1.48. The lowest BCUT2D eigenvalue weighted by Gasteiger charge is -2.23. The number of nitrogens with zero attached hydrogens (tertiary/aromatic N) is 2. The standard InChI is InChI=1S/C18H19BrN2O5/c1-20(6-7-25-17-4-2-15(19)3-5-17)10-13-8-16(21(22)23)9-14-11-24-12-26-18(13)14/h2-5,8-9H,6-7,10-12H2,1H3. The number of fused-ring (bicyclic) bond motifs is 1. The van der Waals surface area contributed by atoms with Gasteiger partial charge in [0.05, 0.1) is 11.5 Å². The minimum Gasteiger partial charge on any atom is -0.492 e. The van der Waals surface area contributed by atoms with Crippen molar-refractivity contribution in [2.24, 2.45) is 0 Å². The zero-order valence-electron chi connectivity index (χ0n) is 14.3. The van der Waals surface area contributed by atoms with Crippen LogP contribution < -0.4 is 9.47 Å². The lowest BCUT2D eigenvalue weighted by molar-refractivity contribution is -0.385. The van der Waals surface area contributed by atoms with Gasteiger partial charge >= 0.3 is 0 Å². The summed E-state index contributed by atoms with van der Waals surface area (Å²) in [5, 5.41) is 11.2. The summed E-state index contributed by atoms with van der Waals surface area (Å²) in [4.78, 5) is 12.8. The fraction of sp³-hybridized carbons (Fsp3) is 0.333. The number of nitro groups is 1. The Morgan fingerprint density at radius 2 is 2.08 bits per heavy atom. The van der Waals surface area contributed by atoms with Crippen LogP contribution in [0, 0.1) is 10.1 Å². The third-order valence-electron chi connectivity index (χ3n) is 3.98. The molecule has 1 aliphatic rings. The number of benzene rings is 2. The van der Waals surface area contributed by atoms with Gasteiger partial charge in [-0.3, -0.25) is 15.0 Å². The van der Waals surface area contributed by atoms with Gasteiger partial charge in [0.1, 0.15) is 18.1 Å². The maximum atomic E-state index is 11.2. The SMILES string of the molecule is CN(CCOc1ccc(Br)cc1)Cc1cc([N+](=O)[O-])cc2c1OCOC2. The molecule has 1 heterocycles. The summed E-state index contributed by atoms with van der Waals surface area (Å²) in [6.07, 6.45) is 0. The van der Waals surface area contributed by atoms with E-state index < -0.39 is 4.92 Å². The van der Waals surface area contributed by atoms with Crippen LogP contribution in [-0.2, 0) is 17.9 Å². The molecule has 3 rings (SSSR count). The number of nitro benzene ring substituents is 1. The van der Waals surface area contributed by atoms with Gasteiger partial charge in [0, 0.05) is 40.8 Å². The number of halogens is 1. The molecule has 138 valence electrons. The molecule has 0 saturated heterocycles. The van der Waals surface area contributed by atoms with Gasteiger partial charge in [-0.05, 0) is 31.3 Å². The van der Waals surface area contributed by atoms with Gasteiger partial charge in [-0.25, -0.2) is 0 Å². The number of ether oxygens (including phenoxy) is 3. The van der Waals surface area contributed by atoms with Gasteiger partial charge in [0.15, 0.2) is 6.79 Å². The van der Waals surface area contributed by atoms with E-state index in [1.165, 1.54) is 6.07 Å². The molecular weight excluding hydrogens is 404 g/mol. The Kier molecular flexibility index (Phi) is 6.08. The molecule has 0 radical (unpaired) electrons. The maximum Gasteiger partial charge on any atom is 0.270 e. The molecule has 0 aliphatic carbocycles. The highest BCUT2D eigenvalue weighted by atomic mass is 79.9. The first-order valence-electron chi connectivity index (χ1n) is 8.10. The zero-order chi connectivity index (χ0) is 18.5. The molecule has 0 spiro atoms. The maximum absolute atomic E-state index is 11.2. The van der Waals surface area contributed by atoms with E-state index in [9.17, 15) is 10.1 Å². The molecule has 0 unspecified atom stereocenters. The van der Waals surface area contributed by atoms with E-state index in [0.717, 1.165) is 15.8 Å². The van der Waals surface area contributed by atoms with Crippen LogP contribution in [0.4, 0.5) is 5.69 Å². The second kappa shape index (κ2) is 8.48. The molecule has 8 heteroatoms. The monoisotopic (exact) mass is 422 g/mol. The van der Waals surface area contributed by atoms with Crippen LogP contribution in [0.3, 0.4) is 0 Å². The van der Waals surface area contributed by atoms with Crippen molar-refractivity contribution in [1.29, 1.82) is 0 Å². The van der Waals surface area contributed by atoms with Gasteiger partial charge in [-0.1, -0.05) is 15.9 Å². The van der Waals surface area contributed by atoms with E-state index in [1.54, 1.807) is 6.07 Å². The Bertz CT molecular complexity index is 782. The first-order valence-corrected chi connectivity index (χ1v) is 8.90. The quantitative estimate of drug-likeness (QED) is 0.499. The van der Waals surface area contributed by atoms with Crippen LogP contribution in [-0.4, -0.2) is 36.8 Å². The lowest BCUT2D eigenvalue weighted by Crippen LogP contribution is -2.25. The minimum atomic E-state index is -0.394. The first-order chi connectivity index (χ1) is 12.5. The molecule has 0 N–H and O–H groups in total. The van der Waals surface area contributed by atoms with E-state index in [1.807, 2.05) is 36.2 Å². The number of hydrogen-bond donors (Lipinski definition) is 0. The summed E-state index contributed by atoms with van der Waals surface area (Å²) in [6, 6.07) is 10.7. The highest BCUT2D eigenvalue weighted by Crippen LogP contribution is 2.33. The van der Waals surface area contributed by atoms with Crippen molar-refractivity contribution in [2.75, 3.05) is 27.0 Å². The fourth-order valence-electron chi connectivity index (χ4n) is 2.72. The van der Waals surface area contributed by atoms with E-state index in [0.29, 0.717) is 37.6 Å². The van der Waals surface area contributed by atoms with E-state index in [-0.39, 0.29) is 12.5 Å². The minimum absolute atomic E-state index is 0.0485. The van der Waals surface area contributed by atoms with E-state index in [4.69, 9.17) is 14.2 Å². The predicted octanol–water partition coefficient (Wildman–Crippen LogP) is 3.73.